The summed E-state index contributed by atoms with van der Waals surface area (Å²) in [4.78, 5) is 2.11. The smallest absolute Gasteiger partial charge is 0.266 e. The zero-order valence-electron chi connectivity index (χ0n) is 15.7. The number of aromatic nitrogens is 2. The molecule has 1 aromatic carbocycles. The van der Waals surface area contributed by atoms with Crippen molar-refractivity contribution in [2.24, 2.45) is 0 Å². The first-order valence-electron chi connectivity index (χ1n) is 8.13. The average molecular weight is 379 g/mol. The van der Waals surface area contributed by atoms with Gasteiger partial charge in [0.1, 0.15) is 16.5 Å². The number of rotatable bonds is 8. The van der Waals surface area contributed by atoms with E-state index >= 15 is 0 Å². The zero-order chi connectivity index (χ0) is 19.3. The maximum absolute atomic E-state index is 12.7. The molecule has 0 amide bonds. The van der Waals surface area contributed by atoms with Crippen LogP contribution in [0.5, 0.6) is 5.75 Å². The van der Waals surface area contributed by atoms with E-state index in [1.165, 1.54) is 7.11 Å². The molecule has 9 heteroatoms. The van der Waals surface area contributed by atoms with Crippen LogP contribution in [0.25, 0.3) is 0 Å². The standard InChI is InChI=1S/C17H25N5O3S/c1-12-10-14(25-5)15(11-13(12)2)26(23,24)21-17-7-6-16(19-20-17)18-8-9-22(3)4/h6-7,10-11H,8-9H2,1-5H3,(H,18,19)(H,20,21). The first-order chi connectivity index (χ1) is 12.2. The third kappa shape index (κ3) is 5.06. The molecule has 2 rings (SSSR count). The quantitative estimate of drug-likeness (QED) is 0.723. The second-order valence-electron chi connectivity index (χ2n) is 6.23. The summed E-state index contributed by atoms with van der Waals surface area (Å²) in [6, 6.07) is 6.53. The Kier molecular flexibility index (Phi) is 6.38. The molecule has 2 aromatic rings. The second-order valence-corrected chi connectivity index (χ2v) is 7.88. The second kappa shape index (κ2) is 8.33. The van der Waals surface area contributed by atoms with Crippen molar-refractivity contribution < 1.29 is 13.2 Å². The van der Waals surface area contributed by atoms with Crippen LogP contribution in [-0.4, -0.2) is 57.8 Å². The van der Waals surface area contributed by atoms with Crippen molar-refractivity contribution in [1.29, 1.82) is 0 Å². The van der Waals surface area contributed by atoms with Crippen molar-refractivity contribution >= 4 is 21.7 Å². The van der Waals surface area contributed by atoms with E-state index in [0.29, 0.717) is 12.4 Å². The van der Waals surface area contributed by atoms with Crippen LogP contribution in [0, 0.1) is 13.8 Å². The van der Waals surface area contributed by atoms with Gasteiger partial charge in [-0.25, -0.2) is 8.42 Å². The molecule has 0 aliphatic rings. The summed E-state index contributed by atoms with van der Waals surface area (Å²) in [5.41, 5.74) is 1.81. The van der Waals surface area contributed by atoms with E-state index in [1.807, 2.05) is 32.8 Å². The van der Waals surface area contributed by atoms with Crippen LogP contribution in [0.15, 0.2) is 29.2 Å². The molecule has 0 saturated carbocycles. The van der Waals surface area contributed by atoms with Gasteiger partial charge in [0.25, 0.3) is 10.0 Å². The highest BCUT2D eigenvalue weighted by atomic mass is 32.2. The Hall–Kier alpha value is -2.39. The van der Waals surface area contributed by atoms with Gasteiger partial charge in [-0.3, -0.25) is 4.72 Å². The summed E-state index contributed by atoms with van der Waals surface area (Å²) in [6.45, 7) is 5.31. The number of methoxy groups -OCH3 is 1. The van der Waals surface area contributed by atoms with Gasteiger partial charge in [0.2, 0.25) is 0 Å². The molecule has 2 N–H and O–H groups in total. The highest BCUT2D eigenvalue weighted by Crippen LogP contribution is 2.28. The maximum atomic E-state index is 12.7. The van der Waals surface area contributed by atoms with Crippen LogP contribution >= 0.6 is 0 Å². The fourth-order valence-corrected chi connectivity index (χ4v) is 3.45. The molecule has 1 aromatic heterocycles. The Bertz CT molecular complexity index is 851. The minimum atomic E-state index is -3.84. The summed E-state index contributed by atoms with van der Waals surface area (Å²) < 4.78 is 33.1. The SMILES string of the molecule is COc1cc(C)c(C)cc1S(=O)(=O)Nc1ccc(NCCN(C)C)nn1. The van der Waals surface area contributed by atoms with Gasteiger partial charge in [-0.1, -0.05) is 0 Å². The third-order valence-electron chi connectivity index (χ3n) is 3.84. The summed E-state index contributed by atoms with van der Waals surface area (Å²) in [5, 5.41) is 11.0. The molecule has 8 nitrogen and oxygen atoms in total. The molecule has 0 aliphatic heterocycles. The predicted molar refractivity (Wildman–Crippen MR) is 102 cm³/mol. The Morgan fingerprint density at radius 2 is 1.69 bits per heavy atom. The van der Waals surface area contributed by atoms with Crippen molar-refractivity contribution in [2.75, 3.05) is 44.3 Å². The fraction of sp³-hybridized carbons (Fsp3) is 0.412. The van der Waals surface area contributed by atoms with Crippen LogP contribution in [0.1, 0.15) is 11.1 Å². The molecule has 0 saturated heterocycles. The normalized spacial score (nSPS) is 11.5. The maximum Gasteiger partial charge on any atom is 0.266 e. The van der Waals surface area contributed by atoms with E-state index in [1.54, 1.807) is 24.3 Å². The summed E-state index contributed by atoms with van der Waals surface area (Å²) in [6.07, 6.45) is 0. The first-order valence-corrected chi connectivity index (χ1v) is 9.61. The number of nitrogens with one attached hydrogen (secondary N) is 2. The van der Waals surface area contributed by atoms with Gasteiger partial charge in [0, 0.05) is 13.1 Å². The van der Waals surface area contributed by atoms with E-state index in [0.717, 1.165) is 17.7 Å². The first kappa shape index (κ1) is 19.9. The number of hydrogen-bond donors (Lipinski definition) is 2. The lowest BCUT2D eigenvalue weighted by Crippen LogP contribution is -2.21. The van der Waals surface area contributed by atoms with Crippen molar-refractivity contribution in [3.8, 4) is 5.75 Å². The van der Waals surface area contributed by atoms with E-state index in [9.17, 15) is 8.42 Å². The Balaban J connectivity index is 2.16. The number of sulfonamides is 1. The average Bonchev–Trinajstić information content (AvgIpc) is 2.57. The number of benzene rings is 1. The van der Waals surface area contributed by atoms with Crippen LogP contribution in [0.2, 0.25) is 0 Å². The van der Waals surface area contributed by atoms with Crippen molar-refractivity contribution in [3.63, 3.8) is 0 Å². The van der Waals surface area contributed by atoms with E-state index in [-0.39, 0.29) is 16.5 Å². The molecule has 1 heterocycles. The van der Waals surface area contributed by atoms with Gasteiger partial charge >= 0.3 is 0 Å². The number of hydrogen-bond acceptors (Lipinski definition) is 7. The van der Waals surface area contributed by atoms with E-state index in [4.69, 9.17) is 4.74 Å². The van der Waals surface area contributed by atoms with Crippen molar-refractivity contribution in [3.05, 3.63) is 35.4 Å². The van der Waals surface area contributed by atoms with Crippen LogP contribution in [0.4, 0.5) is 11.6 Å². The molecule has 0 radical (unpaired) electrons. The number of nitrogens with zero attached hydrogens (tertiary/aromatic N) is 3. The minimum Gasteiger partial charge on any atom is -0.495 e. The highest BCUT2D eigenvalue weighted by molar-refractivity contribution is 7.92. The van der Waals surface area contributed by atoms with Crippen molar-refractivity contribution in [1.82, 2.24) is 15.1 Å². The van der Waals surface area contributed by atoms with Gasteiger partial charge in [-0.2, -0.15) is 0 Å². The lowest BCUT2D eigenvalue weighted by Gasteiger charge is -2.13. The van der Waals surface area contributed by atoms with Crippen LogP contribution in [-0.2, 0) is 10.0 Å². The molecule has 0 atom stereocenters. The number of aryl methyl sites for hydroxylation is 2. The predicted octanol–water partition coefficient (Wildman–Crippen LogP) is 1.88. The van der Waals surface area contributed by atoms with Gasteiger partial charge in [-0.15, -0.1) is 10.2 Å². The fourth-order valence-electron chi connectivity index (χ4n) is 2.21. The van der Waals surface area contributed by atoms with E-state index < -0.39 is 10.0 Å². The summed E-state index contributed by atoms with van der Waals surface area (Å²) in [5.74, 6) is 1.01. The number of likely N-dealkylation sites (N-methyl/N-ethyl adjacent to an activating group) is 1. The van der Waals surface area contributed by atoms with Crippen LogP contribution < -0.4 is 14.8 Å². The summed E-state index contributed by atoms with van der Waals surface area (Å²) in [7, 11) is 1.56. The molecule has 0 bridgehead atoms. The Morgan fingerprint density at radius 3 is 2.27 bits per heavy atom. The zero-order valence-corrected chi connectivity index (χ0v) is 16.5. The van der Waals surface area contributed by atoms with Crippen LogP contribution in [0.3, 0.4) is 0 Å². The van der Waals surface area contributed by atoms with Gasteiger partial charge in [0.05, 0.1) is 7.11 Å². The minimum absolute atomic E-state index is 0.0677. The Labute approximate surface area is 154 Å². The van der Waals surface area contributed by atoms with Gasteiger partial charge in [-0.05, 0) is 63.3 Å². The number of anilines is 2. The molecular formula is C17H25N5O3S. The lowest BCUT2D eigenvalue weighted by molar-refractivity contribution is 0.402. The third-order valence-corrected chi connectivity index (χ3v) is 5.21. The highest BCUT2D eigenvalue weighted by Gasteiger charge is 2.21. The molecule has 0 unspecified atom stereocenters. The summed E-state index contributed by atoms with van der Waals surface area (Å²) >= 11 is 0. The molecule has 0 aliphatic carbocycles. The molecule has 26 heavy (non-hydrogen) atoms. The largest absolute Gasteiger partial charge is 0.495 e. The van der Waals surface area contributed by atoms with E-state index in [2.05, 4.69) is 20.2 Å². The van der Waals surface area contributed by atoms with Gasteiger partial charge < -0.3 is 15.0 Å². The molecule has 142 valence electrons. The molecule has 0 fully saturated rings. The van der Waals surface area contributed by atoms with Gasteiger partial charge in [0.15, 0.2) is 5.82 Å². The monoisotopic (exact) mass is 379 g/mol. The molecular weight excluding hydrogens is 354 g/mol. The topological polar surface area (TPSA) is 96.5 Å². The number of ether oxygens (including phenoxy) is 1. The van der Waals surface area contributed by atoms with Crippen molar-refractivity contribution in [2.45, 2.75) is 18.7 Å². The lowest BCUT2D eigenvalue weighted by atomic mass is 10.1. The Morgan fingerprint density at radius 1 is 1.08 bits per heavy atom. The molecule has 0 spiro atoms.